The molecule has 0 amide bonds. The number of aliphatic carboxylic acids is 1. The molecule has 0 spiro atoms. The molecule has 20 heavy (non-hydrogen) atoms. The number of hydrogen-bond acceptors (Lipinski definition) is 3. The van der Waals surface area contributed by atoms with Gasteiger partial charge in [0.1, 0.15) is 11.7 Å². The van der Waals surface area contributed by atoms with Gasteiger partial charge in [-0.1, -0.05) is 12.1 Å². The van der Waals surface area contributed by atoms with Gasteiger partial charge in [0, 0.05) is 12.4 Å². The van der Waals surface area contributed by atoms with Crippen LogP contribution in [0.1, 0.15) is 29.0 Å². The molecule has 1 aromatic carbocycles. The zero-order chi connectivity index (χ0) is 13.9. The van der Waals surface area contributed by atoms with E-state index < -0.39 is 11.9 Å². The van der Waals surface area contributed by atoms with Crippen LogP contribution in [-0.2, 0) is 11.2 Å². The van der Waals surface area contributed by atoms with Gasteiger partial charge < -0.3 is 9.84 Å². The largest absolute Gasteiger partial charge is 0.493 e. The highest BCUT2D eigenvalue weighted by molar-refractivity contribution is 5.80. The van der Waals surface area contributed by atoms with Crippen molar-refractivity contribution in [3.63, 3.8) is 0 Å². The fourth-order valence-electron chi connectivity index (χ4n) is 2.59. The molecule has 0 saturated carbocycles. The molecule has 4 heteroatoms. The van der Waals surface area contributed by atoms with Gasteiger partial charge in [-0.25, -0.2) is 0 Å². The van der Waals surface area contributed by atoms with Crippen molar-refractivity contribution >= 4 is 5.97 Å². The van der Waals surface area contributed by atoms with Crippen LogP contribution < -0.4 is 4.74 Å². The Hall–Kier alpha value is -2.36. The molecular formula is C16H15NO3. The van der Waals surface area contributed by atoms with E-state index in [-0.39, 0.29) is 0 Å². The average Bonchev–Trinajstić information content (AvgIpc) is 2.48. The minimum atomic E-state index is -0.854. The lowest BCUT2D eigenvalue weighted by atomic mass is 9.90. The molecule has 4 nitrogen and oxygen atoms in total. The summed E-state index contributed by atoms with van der Waals surface area (Å²) in [5, 5.41) is 9.53. The summed E-state index contributed by atoms with van der Waals surface area (Å²) < 4.78 is 5.57. The number of carboxylic acids is 1. The van der Waals surface area contributed by atoms with Gasteiger partial charge in [-0.3, -0.25) is 9.78 Å². The minimum Gasteiger partial charge on any atom is -0.493 e. The van der Waals surface area contributed by atoms with Crippen molar-refractivity contribution < 1.29 is 14.6 Å². The molecule has 1 unspecified atom stereocenters. The Morgan fingerprint density at radius 3 is 2.75 bits per heavy atom. The molecule has 0 fully saturated rings. The van der Waals surface area contributed by atoms with Crippen LogP contribution in [0.4, 0.5) is 0 Å². The van der Waals surface area contributed by atoms with Gasteiger partial charge in [0.05, 0.1) is 6.61 Å². The summed E-state index contributed by atoms with van der Waals surface area (Å²) in [5.74, 6) is -0.642. The van der Waals surface area contributed by atoms with Gasteiger partial charge in [-0.15, -0.1) is 0 Å². The first-order chi connectivity index (χ1) is 9.75. The van der Waals surface area contributed by atoms with Crippen LogP contribution >= 0.6 is 0 Å². The summed E-state index contributed by atoms with van der Waals surface area (Å²) in [5.41, 5.74) is 2.62. The zero-order valence-electron chi connectivity index (χ0n) is 11.0. The van der Waals surface area contributed by atoms with Crippen molar-refractivity contribution in [3.05, 3.63) is 59.4 Å². The molecule has 0 saturated heterocycles. The minimum absolute atomic E-state index is 0.662. The average molecular weight is 269 g/mol. The van der Waals surface area contributed by atoms with E-state index in [4.69, 9.17) is 4.74 Å². The van der Waals surface area contributed by atoms with Gasteiger partial charge in [-0.2, -0.15) is 0 Å². The van der Waals surface area contributed by atoms with Crippen LogP contribution in [-0.4, -0.2) is 22.7 Å². The molecule has 1 aliphatic rings. The van der Waals surface area contributed by atoms with E-state index in [9.17, 15) is 9.90 Å². The lowest BCUT2D eigenvalue weighted by molar-refractivity contribution is -0.137. The number of hydrogen-bond donors (Lipinski definition) is 1. The van der Waals surface area contributed by atoms with E-state index in [0.29, 0.717) is 0 Å². The number of nitrogens with zero attached hydrogens (tertiary/aromatic N) is 1. The highest BCUT2D eigenvalue weighted by Crippen LogP contribution is 2.31. The second-order valence-electron chi connectivity index (χ2n) is 4.87. The molecule has 1 atom stereocenters. The van der Waals surface area contributed by atoms with E-state index in [1.165, 1.54) is 0 Å². The summed E-state index contributed by atoms with van der Waals surface area (Å²) in [6.07, 6.45) is 5.15. The van der Waals surface area contributed by atoms with E-state index >= 15 is 0 Å². The molecule has 3 rings (SSSR count). The molecular weight excluding hydrogens is 254 g/mol. The summed E-state index contributed by atoms with van der Waals surface area (Å²) in [4.78, 5) is 15.6. The number of benzene rings is 1. The van der Waals surface area contributed by atoms with Gasteiger partial charge >= 0.3 is 5.97 Å². The molecule has 1 aliphatic heterocycles. The number of carbonyl (C=O) groups is 1. The van der Waals surface area contributed by atoms with Crippen molar-refractivity contribution in [1.82, 2.24) is 4.98 Å². The Morgan fingerprint density at radius 2 is 2.00 bits per heavy atom. The van der Waals surface area contributed by atoms with Gasteiger partial charge in [0.2, 0.25) is 0 Å². The number of ether oxygens (including phenoxy) is 1. The molecule has 1 aromatic heterocycles. The van der Waals surface area contributed by atoms with Gasteiger partial charge in [0.15, 0.2) is 0 Å². The summed E-state index contributed by atoms with van der Waals surface area (Å²) in [6.45, 7) is 0.735. The standard InChI is InChI=1S/C16H15NO3/c18-16(19)15(11-5-7-17-8-6-11)13-3-4-14-12(10-13)2-1-9-20-14/h3-8,10,15H,1-2,9H2,(H,18,19). The summed E-state index contributed by atoms with van der Waals surface area (Å²) >= 11 is 0. The van der Waals surface area contributed by atoms with Crippen molar-refractivity contribution in [1.29, 1.82) is 0 Å². The van der Waals surface area contributed by atoms with Crippen LogP contribution in [0.15, 0.2) is 42.7 Å². The van der Waals surface area contributed by atoms with Crippen LogP contribution in [0.3, 0.4) is 0 Å². The first-order valence-electron chi connectivity index (χ1n) is 6.64. The van der Waals surface area contributed by atoms with E-state index in [2.05, 4.69) is 4.98 Å². The maximum absolute atomic E-state index is 11.6. The second-order valence-corrected chi connectivity index (χ2v) is 4.87. The fraction of sp³-hybridized carbons (Fsp3) is 0.250. The summed E-state index contributed by atoms with van der Waals surface area (Å²) in [7, 11) is 0. The number of aryl methyl sites for hydroxylation is 1. The quantitative estimate of drug-likeness (QED) is 0.930. The normalized spacial score (nSPS) is 15.0. The second kappa shape index (κ2) is 5.33. The fourth-order valence-corrected chi connectivity index (χ4v) is 2.59. The number of fused-ring (bicyclic) bond motifs is 1. The molecule has 102 valence electrons. The zero-order valence-corrected chi connectivity index (χ0v) is 11.0. The third-order valence-corrected chi connectivity index (χ3v) is 3.55. The maximum atomic E-state index is 11.6. The third kappa shape index (κ3) is 2.37. The molecule has 1 N–H and O–H groups in total. The Labute approximate surface area is 117 Å². The van der Waals surface area contributed by atoms with Gasteiger partial charge in [0.25, 0.3) is 0 Å². The van der Waals surface area contributed by atoms with Crippen LogP contribution in [0.2, 0.25) is 0 Å². The predicted molar refractivity (Wildman–Crippen MR) is 74.0 cm³/mol. The van der Waals surface area contributed by atoms with Crippen molar-refractivity contribution in [3.8, 4) is 5.75 Å². The topological polar surface area (TPSA) is 59.4 Å². The summed E-state index contributed by atoms with van der Waals surface area (Å²) in [6, 6.07) is 9.15. The molecule has 2 aromatic rings. The molecule has 0 aliphatic carbocycles. The number of rotatable bonds is 3. The van der Waals surface area contributed by atoms with Gasteiger partial charge in [-0.05, 0) is 47.7 Å². The monoisotopic (exact) mass is 269 g/mol. The Balaban J connectivity index is 2.02. The van der Waals surface area contributed by atoms with E-state index in [0.717, 1.165) is 41.9 Å². The van der Waals surface area contributed by atoms with Crippen molar-refractivity contribution in [2.75, 3.05) is 6.61 Å². The lowest BCUT2D eigenvalue weighted by Crippen LogP contribution is -2.15. The smallest absolute Gasteiger partial charge is 0.315 e. The van der Waals surface area contributed by atoms with E-state index in [1.54, 1.807) is 24.5 Å². The first-order valence-corrected chi connectivity index (χ1v) is 6.64. The lowest BCUT2D eigenvalue weighted by Gasteiger charge is -2.20. The molecule has 0 radical (unpaired) electrons. The molecule has 2 heterocycles. The Bertz CT molecular complexity index is 625. The van der Waals surface area contributed by atoms with Crippen molar-refractivity contribution in [2.24, 2.45) is 0 Å². The Kier molecular flexibility index (Phi) is 3.37. The highest BCUT2D eigenvalue weighted by atomic mass is 16.5. The highest BCUT2D eigenvalue weighted by Gasteiger charge is 2.23. The van der Waals surface area contributed by atoms with E-state index in [1.807, 2.05) is 18.2 Å². The van der Waals surface area contributed by atoms with Crippen LogP contribution in [0.5, 0.6) is 5.75 Å². The van der Waals surface area contributed by atoms with Crippen LogP contribution in [0.25, 0.3) is 0 Å². The maximum Gasteiger partial charge on any atom is 0.315 e. The SMILES string of the molecule is O=C(O)C(c1ccncc1)c1ccc2c(c1)CCCO2. The number of pyridine rings is 1. The predicted octanol–water partition coefficient (Wildman–Crippen LogP) is 2.62. The Morgan fingerprint density at radius 1 is 1.20 bits per heavy atom. The number of carboxylic acid groups (broad SMARTS) is 1. The van der Waals surface area contributed by atoms with Crippen molar-refractivity contribution in [2.45, 2.75) is 18.8 Å². The third-order valence-electron chi connectivity index (χ3n) is 3.55. The first kappa shape index (κ1) is 12.7. The number of aromatic nitrogens is 1. The molecule has 0 bridgehead atoms. The van der Waals surface area contributed by atoms with Crippen LogP contribution in [0, 0.1) is 0 Å².